The summed E-state index contributed by atoms with van der Waals surface area (Å²) >= 11 is 0. The lowest BCUT2D eigenvalue weighted by molar-refractivity contribution is 0.0697. The Hall–Kier alpha value is -2.96. The Bertz CT molecular complexity index is 843. The molecule has 3 aromatic rings. The highest BCUT2D eigenvalue weighted by molar-refractivity contribution is 6.06. The van der Waals surface area contributed by atoms with Crippen LogP contribution >= 0.6 is 0 Å². The van der Waals surface area contributed by atoms with E-state index in [2.05, 4.69) is 15.3 Å². The number of aryl methyl sites for hydroxylation is 1. The fourth-order valence-electron chi connectivity index (χ4n) is 2.22. The van der Waals surface area contributed by atoms with Gasteiger partial charge >= 0.3 is 5.97 Å². The molecule has 0 radical (unpaired) electrons. The van der Waals surface area contributed by atoms with E-state index >= 15 is 0 Å². The standard InChI is InChI=1S/C15H12FN3O3/c1-8-11(15(20)21)12-13(18-7-19-14(12)22-8)17-6-9-2-4-10(16)5-3-9/h2-5,7H,6H2,1H3,(H,20,21)(H,17,18,19). The van der Waals surface area contributed by atoms with E-state index in [1.54, 1.807) is 19.1 Å². The van der Waals surface area contributed by atoms with E-state index in [4.69, 9.17) is 4.42 Å². The smallest absolute Gasteiger partial charge is 0.340 e. The zero-order chi connectivity index (χ0) is 15.7. The van der Waals surface area contributed by atoms with Gasteiger partial charge in [0.15, 0.2) is 0 Å². The van der Waals surface area contributed by atoms with Crippen LogP contribution in [0.2, 0.25) is 0 Å². The van der Waals surface area contributed by atoms with Crippen molar-refractivity contribution >= 4 is 22.9 Å². The van der Waals surface area contributed by atoms with Gasteiger partial charge in [-0.25, -0.2) is 19.2 Å². The van der Waals surface area contributed by atoms with E-state index in [-0.39, 0.29) is 22.9 Å². The third-order valence-corrected chi connectivity index (χ3v) is 3.25. The first kappa shape index (κ1) is 14.0. The van der Waals surface area contributed by atoms with Crippen LogP contribution in [0.4, 0.5) is 10.2 Å². The SMILES string of the molecule is Cc1oc2ncnc(NCc3ccc(F)cc3)c2c1C(=O)O. The number of halogens is 1. The number of benzene rings is 1. The summed E-state index contributed by atoms with van der Waals surface area (Å²) in [6.07, 6.45) is 1.30. The Morgan fingerprint density at radius 3 is 2.73 bits per heavy atom. The monoisotopic (exact) mass is 301 g/mol. The van der Waals surface area contributed by atoms with Gasteiger partial charge in [-0.3, -0.25) is 0 Å². The van der Waals surface area contributed by atoms with E-state index in [0.29, 0.717) is 17.7 Å². The van der Waals surface area contributed by atoms with Gasteiger partial charge in [-0.15, -0.1) is 0 Å². The molecular formula is C15H12FN3O3. The van der Waals surface area contributed by atoms with Gasteiger partial charge in [0.1, 0.15) is 29.3 Å². The van der Waals surface area contributed by atoms with Crippen LogP contribution in [0.5, 0.6) is 0 Å². The molecule has 2 heterocycles. The van der Waals surface area contributed by atoms with Gasteiger partial charge < -0.3 is 14.8 Å². The van der Waals surface area contributed by atoms with Crippen LogP contribution in [0.25, 0.3) is 11.1 Å². The van der Waals surface area contributed by atoms with Gasteiger partial charge in [-0.2, -0.15) is 0 Å². The maximum absolute atomic E-state index is 12.9. The molecule has 0 aliphatic rings. The van der Waals surface area contributed by atoms with Crippen molar-refractivity contribution in [3.05, 3.63) is 53.3 Å². The molecule has 0 unspecified atom stereocenters. The van der Waals surface area contributed by atoms with Gasteiger partial charge in [-0.05, 0) is 24.6 Å². The zero-order valence-corrected chi connectivity index (χ0v) is 11.6. The minimum atomic E-state index is -1.10. The van der Waals surface area contributed by atoms with Crippen molar-refractivity contribution in [2.75, 3.05) is 5.32 Å². The number of carbonyl (C=O) groups is 1. The molecule has 0 amide bonds. The minimum Gasteiger partial charge on any atom is -0.478 e. The summed E-state index contributed by atoms with van der Waals surface area (Å²) in [6.45, 7) is 1.94. The number of hydrogen-bond donors (Lipinski definition) is 2. The van der Waals surface area contributed by atoms with Gasteiger partial charge in [0, 0.05) is 6.54 Å². The molecular weight excluding hydrogens is 289 g/mol. The van der Waals surface area contributed by atoms with E-state index in [1.165, 1.54) is 18.5 Å². The molecule has 0 fully saturated rings. The molecule has 1 aromatic carbocycles. The lowest BCUT2D eigenvalue weighted by atomic mass is 10.1. The summed E-state index contributed by atoms with van der Waals surface area (Å²) in [7, 11) is 0. The largest absolute Gasteiger partial charge is 0.478 e. The highest BCUT2D eigenvalue weighted by atomic mass is 19.1. The second-order valence-electron chi connectivity index (χ2n) is 4.72. The molecule has 7 heteroatoms. The average molecular weight is 301 g/mol. The normalized spacial score (nSPS) is 10.8. The maximum atomic E-state index is 12.9. The molecule has 0 bridgehead atoms. The first-order valence-electron chi connectivity index (χ1n) is 6.52. The predicted octanol–water partition coefficient (Wildman–Crippen LogP) is 2.98. The van der Waals surface area contributed by atoms with Crippen molar-refractivity contribution in [1.82, 2.24) is 9.97 Å². The Morgan fingerprint density at radius 1 is 1.32 bits per heavy atom. The van der Waals surface area contributed by atoms with Gasteiger partial charge in [0.25, 0.3) is 0 Å². The fourth-order valence-corrected chi connectivity index (χ4v) is 2.22. The summed E-state index contributed by atoms with van der Waals surface area (Å²) in [6, 6.07) is 5.99. The van der Waals surface area contributed by atoms with Crippen LogP contribution in [0, 0.1) is 12.7 Å². The number of nitrogens with one attached hydrogen (secondary N) is 1. The fraction of sp³-hybridized carbons (Fsp3) is 0.133. The first-order valence-corrected chi connectivity index (χ1v) is 6.52. The average Bonchev–Trinajstić information content (AvgIpc) is 2.83. The number of carboxylic acid groups (broad SMARTS) is 1. The van der Waals surface area contributed by atoms with Crippen LogP contribution in [-0.2, 0) is 6.54 Å². The van der Waals surface area contributed by atoms with Crippen molar-refractivity contribution in [3.8, 4) is 0 Å². The number of fused-ring (bicyclic) bond motifs is 1. The third kappa shape index (κ3) is 2.48. The van der Waals surface area contributed by atoms with Gasteiger partial charge in [0.2, 0.25) is 5.71 Å². The molecule has 2 N–H and O–H groups in total. The van der Waals surface area contributed by atoms with Crippen LogP contribution in [0.3, 0.4) is 0 Å². The zero-order valence-electron chi connectivity index (χ0n) is 11.6. The summed E-state index contributed by atoms with van der Waals surface area (Å²) in [5, 5.41) is 12.7. The van der Waals surface area contributed by atoms with Gasteiger partial charge in [-0.1, -0.05) is 12.1 Å². The Labute approximate surface area is 124 Å². The number of carboxylic acids is 1. The molecule has 0 atom stereocenters. The number of rotatable bonds is 4. The molecule has 0 saturated carbocycles. The molecule has 2 aromatic heterocycles. The number of nitrogens with zero attached hydrogens (tertiary/aromatic N) is 2. The first-order chi connectivity index (χ1) is 10.6. The molecule has 0 spiro atoms. The van der Waals surface area contributed by atoms with Crippen LogP contribution in [0.15, 0.2) is 35.0 Å². The Morgan fingerprint density at radius 2 is 2.05 bits per heavy atom. The van der Waals surface area contributed by atoms with Crippen molar-refractivity contribution in [2.24, 2.45) is 0 Å². The molecule has 6 nitrogen and oxygen atoms in total. The Kier molecular flexibility index (Phi) is 3.46. The minimum absolute atomic E-state index is 0.0391. The molecule has 0 aliphatic carbocycles. The van der Waals surface area contributed by atoms with Crippen molar-refractivity contribution in [2.45, 2.75) is 13.5 Å². The number of hydrogen-bond acceptors (Lipinski definition) is 5. The van der Waals surface area contributed by atoms with Crippen molar-refractivity contribution < 1.29 is 18.7 Å². The van der Waals surface area contributed by atoms with Gasteiger partial charge in [0.05, 0.1) is 5.39 Å². The highest BCUT2D eigenvalue weighted by Gasteiger charge is 2.21. The number of anilines is 1. The maximum Gasteiger partial charge on any atom is 0.340 e. The molecule has 22 heavy (non-hydrogen) atoms. The highest BCUT2D eigenvalue weighted by Crippen LogP contribution is 2.29. The van der Waals surface area contributed by atoms with Crippen LogP contribution < -0.4 is 5.32 Å². The molecule has 0 saturated heterocycles. The second kappa shape index (κ2) is 5.44. The number of furan rings is 1. The molecule has 112 valence electrons. The van der Waals surface area contributed by atoms with E-state index < -0.39 is 5.97 Å². The molecule has 0 aliphatic heterocycles. The molecule has 3 rings (SSSR count). The van der Waals surface area contributed by atoms with E-state index in [9.17, 15) is 14.3 Å². The third-order valence-electron chi connectivity index (χ3n) is 3.25. The lowest BCUT2D eigenvalue weighted by Crippen LogP contribution is -2.04. The van der Waals surface area contributed by atoms with Crippen LogP contribution in [-0.4, -0.2) is 21.0 Å². The summed E-state index contributed by atoms with van der Waals surface area (Å²) in [5.41, 5.74) is 1.09. The summed E-state index contributed by atoms with van der Waals surface area (Å²) in [5.74, 6) is -0.779. The number of aromatic carboxylic acids is 1. The van der Waals surface area contributed by atoms with E-state index in [0.717, 1.165) is 5.56 Å². The quantitative estimate of drug-likeness (QED) is 0.770. The van der Waals surface area contributed by atoms with Crippen molar-refractivity contribution in [3.63, 3.8) is 0 Å². The lowest BCUT2D eigenvalue weighted by Gasteiger charge is -2.06. The number of aromatic nitrogens is 2. The van der Waals surface area contributed by atoms with E-state index in [1.807, 2.05) is 0 Å². The topological polar surface area (TPSA) is 88.3 Å². The van der Waals surface area contributed by atoms with Crippen LogP contribution in [0.1, 0.15) is 21.7 Å². The summed E-state index contributed by atoms with van der Waals surface area (Å²) < 4.78 is 18.2. The predicted molar refractivity (Wildman–Crippen MR) is 77.2 cm³/mol. The van der Waals surface area contributed by atoms with Crippen molar-refractivity contribution in [1.29, 1.82) is 0 Å². The second-order valence-corrected chi connectivity index (χ2v) is 4.72. The summed E-state index contributed by atoms with van der Waals surface area (Å²) in [4.78, 5) is 19.4. The Balaban J connectivity index is 1.96.